The minimum atomic E-state index is -0.187. The lowest BCUT2D eigenvalue weighted by atomic mass is 9.99. The van der Waals surface area contributed by atoms with E-state index in [9.17, 15) is 4.39 Å². The summed E-state index contributed by atoms with van der Waals surface area (Å²) < 4.78 is 13.4. The van der Waals surface area contributed by atoms with Gasteiger partial charge in [0.05, 0.1) is 0 Å². The van der Waals surface area contributed by atoms with E-state index in [4.69, 9.17) is 5.73 Å². The Kier molecular flexibility index (Phi) is 1.92. The summed E-state index contributed by atoms with van der Waals surface area (Å²) in [5, 5.41) is 1.83. The highest BCUT2D eigenvalue weighted by atomic mass is 19.1. The molecule has 2 heteroatoms. The third kappa shape index (κ3) is 1.15. The van der Waals surface area contributed by atoms with Crippen molar-refractivity contribution in [1.29, 1.82) is 0 Å². The summed E-state index contributed by atoms with van der Waals surface area (Å²) in [6.45, 7) is 3.70. The molecule has 0 spiro atoms. The molecule has 0 heterocycles. The fourth-order valence-electron chi connectivity index (χ4n) is 1.69. The van der Waals surface area contributed by atoms with Crippen molar-refractivity contribution in [1.82, 2.24) is 0 Å². The first-order chi connectivity index (χ1) is 6.61. The van der Waals surface area contributed by atoms with E-state index in [1.165, 1.54) is 6.07 Å². The lowest BCUT2D eigenvalue weighted by Gasteiger charge is -2.08. The van der Waals surface area contributed by atoms with Crippen LogP contribution in [0.1, 0.15) is 11.1 Å². The van der Waals surface area contributed by atoms with Crippen molar-refractivity contribution >= 4 is 16.5 Å². The normalized spacial score (nSPS) is 10.8. The highest BCUT2D eigenvalue weighted by Gasteiger charge is 2.07. The maximum Gasteiger partial charge on any atom is 0.127 e. The molecule has 2 aromatic rings. The summed E-state index contributed by atoms with van der Waals surface area (Å²) in [5.74, 6) is -0.187. The molecule has 0 amide bonds. The molecule has 14 heavy (non-hydrogen) atoms. The zero-order valence-electron chi connectivity index (χ0n) is 8.26. The second-order valence-electron chi connectivity index (χ2n) is 3.55. The quantitative estimate of drug-likeness (QED) is 0.633. The molecule has 0 unspecified atom stereocenters. The maximum absolute atomic E-state index is 13.4. The van der Waals surface area contributed by atoms with Crippen LogP contribution in [0.5, 0.6) is 0 Å². The molecule has 0 atom stereocenters. The Balaban J connectivity index is 2.98. The van der Waals surface area contributed by atoms with Crippen LogP contribution in [0, 0.1) is 19.7 Å². The largest absolute Gasteiger partial charge is 0.398 e. The van der Waals surface area contributed by atoms with Crippen LogP contribution in [0.25, 0.3) is 10.8 Å². The number of hydrogen-bond acceptors (Lipinski definition) is 1. The van der Waals surface area contributed by atoms with Gasteiger partial charge in [-0.2, -0.15) is 0 Å². The van der Waals surface area contributed by atoms with Crippen molar-refractivity contribution in [3.05, 3.63) is 41.2 Å². The van der Waals surface area contributed by atoms with Gasteiger partial charge in [-0.05, 0) is 42.5 Å². The van der Waals surface area contributed by atoms with Crippen LogP contribution in [0.2, 0.25) is 0 Å². The minimum Gasteiger partial charge on any atom is -0.398 e. The fourth-order valence-corrected chi connectivity index (χ4v) is 1.69. The number of aryl methyl sites for hydroxylation is 1. The molecule has 0 aliphatic rings. The molecule has 0 aromatic heterocycles. The fraction of sp³-hybridized carbons (Fsp3) is 0.167. The maximum atomic E-state index is 13.4. The van der Waals surface area contributed by atoms with E-state index < -0.39 is 0 Å². The second-order valence-corrected chi connectivity index (χ2v) is 3.55. The van der Waals surface area contributed by atoms with Crippen LogP contribution in [-0.2, 0) is 0 Å². The molecule has 1 nitrogen and oxygen atoms in total. The van der Waals surface area contributed by atoms with E-state index in [-0.39, 0.29) is 5.82 Å². The summed E-state index contributed by atoms with van der Waals surface area (Å²) in [4.78, 5) is 0. The highest BCUT2D eigenvalue weighted by Crippen LogP contribution is 2.27. The number of halogens is 1. The third-order valence-electron chi connectivity index (χ3n) is 2.74. The Morgan fingerprint density at radius 1 is 1.07 bits per heavy atom. The number of anilines is 1. The van der Waals surface area contributed by atoms with Gasteiger partial charge in [0.1, 0.15) is 5.82 Å². The topological polar surface area (TPSA) is 26.0 Å². The summed E-state index contributed by atoms with van der Waals surface area (Å²) in [6.07, 6.45) is 0. The van der Waals surface area contributed by atoms with Crippen LogP contribution < -0.4 is 5.73 Å². The molecule has 72 valence electrons. The first kappa shape index (κ1) is 9.00. The van der Waals surface area contributed by atoms with E-state index in [1.807, 2.05) is 19.1 Å². The Labute approximate surface area is 82.3 Å². The van der Waals surface area contributed by atoms with E-state index in [1.54, 1.807) is 13.0 Å². The monoisotopic (exact) mass is 189 g/mol. The third-order valence-corrected chi connectivity index (χ3v) is 2.74. The van der Waals surface area contributed by atoms with E-state index in [0.29, 0.717) is 11.3 Å². The van der Waals surface area contributed by atoms with Crippen molar-refractivity contribution in [2.75, 3.05) is 5.73 Å². The van der Waals surface area contributed by atoms with Crippen LogP contribution in [0.4, 0.5) is 10.1 Å². The van der Waals surface area contributed by atoms with E-state index >= 15 is 0 Å². The number of rotatable bonds is 0. The second kappa shape index (κ2) is 2.98. The van der Waals surface area contributed by atoms with Gasteiger partial charge in [0, 0.05) is 11.1 Å². The molecular weight excluding hydrogens is 177 g/mol. The van der Waals surface area contributed by atoms with Gasteiger partial charge in [-0.25, -0.2) is 4.39 Å². The SMILES string of the molecule is Cc1c(F)cc2c(N)cccc2c1C. The summed E-state index contributed by atoms with van der Waals surface area (Å²) in [7, 11) is 0. The van der Waals surface area contributed by atoms with Crippen molar-refractivity contribution < 1.29 is 4.39 Å². The molecule has 0 saturated heterocycles. The number of hydrogen-bond donors (Lipinski definition) is 1. The average Bonchev–Trinajstić information content (AvgIpc) is 2.17. The van der Waals surface area contributed by atoms with Crippen LogP contribution >= 0.6 is 0 Å². The molecule has 0 bridgehead atoms. The average molecular weight is 189 g/mol. The highest BCUT2D eigenvalue weighted by molar-refractivity contribution is 5.95. The molecule has 2 N–H and O–H groups in total. The van der Waals surface area contributed by atoms with Gasteiger partial charge < -0.3 is 5.73 Å². The van der Waals surface area contributed by atoms with Gasteiger partial charge >= 0.3 is 0 Å². The first-order valence-corrected chi connectivity index (χ1v) is 4.55. The zero-order chi connectivity index (χ0) is 10.3. The molecule has 2 rings (SSSR count). The van der Waals surface area contributed by atoms with Crippen LogP contribution in [0.3, 0.4) is 0 Å². The summed E-state index contributed by atoms with van der Waals surface area (Å²) >= 11 is 0. The number of nitrogen functional groups attached to an aromatic ring is 1. The number of benzene rings is 2. The van der Waals surface area contributed by atoms with Gasteiger partial charge in [0.15, 0.2) is 0 Å². The van der Waals surface area contributed by atoms with Gasteiger partial charge in [0.25, 0.3) is 0 Å². The Morgan fingerprint density at radius 3 is 2.50 bits per heavy atom. The molecule has 0 fully saturated rings. The lowest BCUT2D eigenvalue weighted by Crippen LogP contribution is -1.93. The summed E-state index contributed by atoms with van der Waals surface area (Å²) in [6, 6.07) is 7.15. The van der Waals surface area contributed by atoms with Crippen molar-refractivity contribution in [2.45, 2.75) is 13.8 Å². The molecule has 0 radical (unpaired) electrons. The predicted molar refractivity (Wildman–Crippen MR) is 57.8 cm³/mol. The molecule has 0 saturated carbocycles. The Morgan fingerprint density at radius 2 is 1.79 bits per heavy atom. The van der Waals surface area contributed by atoms with Gasteiger partial charge in [-0.3, -0.25) is 0 Å². The van der Waals surface area contributed by atoms with Crippen LogP contribution in [0.15, 0.2) is 24.3 Å². The van der Waals surface area contributed by atoms with Crippen molar-refractivity contribution in [3.8, 4) is 0 Å². The molecular formula is C12H12FN. The van der Waals surface area contributed by atoms with Gasteiger partial charge in [-0.1, -0.05) is 12.1 Å². The van der Waals surface area contributed by atoms with E-state index in [0.717, 1.165) is 16.3 Å². The molecule has 0 aliphatic carbocycles. The molecule has 0 aliphatic heterocycles. The first-order valence-electron chi connectivity index (χ1n) is 4.55. The molecule has 2 aromatic carbocycles. The zero-order valence-corrected chi connectivity index (χ0v) is 8.26. The number of nitrogens with two attached hydrogens (primary N) is 1. The predicted octanol–water partition coefficient (Wildman–Crippen LogP) is 3.18. The van der Waals surface area contributed by atoms with Gasteiger partial charge in [-0.15, -0.1) is 0 Å². The lowest BCUT2D eigenvalue weighted by molar-refractivity contribution is 0.619. The van der Waals surface area contributed by atoms with Crippen molar-refractivity contribution in [3.63, 3.8) is 0 Å². The summed E-state index contributed by atoms with van der Waals surface area (Å²) in [5.41, 5.74) is 8.07. The standard InChI is InChI=1S/C12H12FN/c1-7-8(2)11(13)6-10-9(7)4-3-5-12(10)14/h3-6H,14H2,1-2H3. The smallest absolute Gasteiger partial charge is 0.127 e. The van der Waals surface area contributed by atoms with Crippen molar-refractivity contribution in [2.24, 2.45) is 0 Å². The minimum absolute atomic E-state index is 0.187. The Hall–Kier alpha value is -1.57. The Bertz CT molecular complexity index is 503. The number of fused-ring (bicyclic) bond motifs is 1. The van der Waals surface area contributed by atoms with Gasteiger partial charge in [0.2, 0.25) is 0 Å². The van der Waals surface area contributed by atoms with Crippen LogP contribution in [-0.4, -0.2) is 0 Å². The van der Waals surface area contributed by atoms with E-state index in [2.05, 4.69) is 0 Å².